The lowest BCUT2D eigenvalue weighted by molar-refractivity contribution is -0.00477. The van der Waals surface area contributed by atoms with Gasteiger partial charge in [-0.2, -0.15) is 0 Å². The van der Waals surface area contributed by atoms with Crippen LogP contribution >= 0.6 is 23.2 Å². The van der Waals surface area contributed by atoms with Gasteiger partial charge in [0, 0.05) is 24.2 Å². The van der Waals surface area contributed by atoms with Gasteiger partial charge in [-0.25, -0.2) is 0 Å². The van der Waals surface area contributed by atoms with Crippen molar-refractivity contribution in [3.8, 4) is 0 Å². The average Bonchev–Trinajstić information content (AvgIpc) is 3.00. The quantitative estimate of drug-likeness (QED) is 0.831. The summed E-state index contributed by atoms with van der Waals surface area (Å²) in [5, 5.41) is 5.28. The fourth-order valence-corrected chi connectivity index (χ4v) is 3.11. The second kappa shape index (κ2) is 5.16. The van der Waals surface area contributed by atoms with E-state index in [-0.39, 0.29) is 6.23 Å². The van der Waals surface area contributed by atoms with E-state index >= 15 is 0 Å². The van der Waals surface area contributed by atoms with Gasteiger partial charge < -0.3 is 4.84 Å². The third kappa shape index (κ3) is 2.27. The molecule has 0 spiro atoms. The first kappa shape index (κ1) is 13.0. The smallest absolute Gasteiger partial charge is 0.208 e. The minimum absolute atomic E-state index is 0.176. The molecule has 0 N–H and O–H groups in total. The zero-order valence-electron chi connectivity index (χ0n) is 10.4. The molecule has 3 nitrogen and oxygen atoms in total. The standard InChI is InChI=1S/C14H14Cl2N2O/c1-9-13(12-10(15)5-4-6-11(12)16)17-19-14(9)18-7-2-3-8-18/h4-6,14H,1-3,7-8H2. The molecule has 1 aromatic carbocycles. The molecule has 2 heterocycles. The van der Waals surface area contributed by atoms with Crippen LogP contribution in [-0.2, 0) is 4.84 Å². The van der Waals surface area contributed by atoms with Gasteiger partial charge in [0.05, 0.1) is 10.0 Å². The molecule has 2 aliphatic rings. The first-order chi connectivity index (χ1) is 9.18. The van der Waals surface area contributed by atoms with Crippen LogP contribution in [0.25, 0.3) is 0 Å². The lowest BCUT2D eigenvalue weighted by Gasteiger charge is -2.21. The fourth-order valence-electron chi connectivity index (χ4n) is 2.54. The lowest BCUT2D eigenvalue weighted by Crippen LogP contribution is -2.34. The Morgan fingerprint density at radius 3 is 2.47 bits per heavy atom. The van der Waals surface area contributed by atoms with Gasteiger partial charge in [0.2, 0.25) is 6.23 Å². The molecule has 0 radical (unpaired) electrons. The molecule has 19 heavy (non-hydrogen) atoms. The molecule has 5 heteroatoms. The summed E-state index contributed by atoms with van der Waals surface area (Å²) in [5.41, 5.74) is 2.20. The minimum atomic E-state index is -0.176. The molecule has 0 bridgehead atoms. The Bertz CT molecular complexity index is 530. The van der Waals surface area contributed by atoms with Gasteiger partial charge in [0.1, 0.15) is 5.71 Å². The molecule has 0 saturated carbocycles. The van der Waals surface area contributed by atoms with Crippen molar-refractivity contribution in [1.29, 1.82) is 0 Å². The normalized spacial score (nSPS) is 23.6. The van der Waals surface area contributed by atoms with Crippen molar-refractivity contribution in [2.45, 2.75) is 19.1 Å². The van der Waals surface area contributed by atoms with E-state index in [2.05, 4.69) is 16.6 Å². The predicted molar refractivity (Wildman–Crippen MR) is 77.8 cm³/mol. The van der Waals surface area contributed by atoms with E-state index in [1.54, 1.807) is 12.1 Å². The molecular formula is C14H14Cl2N2O. The molecule has 1 saturated heterocycles. The molecule has 1 atom stereocenters. The predicted octanol–water partition coefficient (Wildman–Crippen LogP) is 3.71. The maximum absolute atomic E-state index is 6.21. The molecule has 3 rings (SSSR count). The van der Waals surface area contributed by atoms with Gasteiger partial charge >= 0.3 is 0 Å². The third-order valence-electron chi connectivity index (χ3n) is 3.52. The molecule has 100 valence electrons. The number of halogens is 2. The number of oxime groups is 1. The van der Waals surface area contributed by atoms with E-state index in [9.17, 15) is 0 Å². The van der Waals surface area contributed by atoms with Gasteiger partial charge in [0.25, 0.3) is 0 Å². The van der Waals surface area contributed by atoms with Crippen LogP contribution in [0.15, 0.2) is 35.5 Å². The Kier molecular flexibility index (Phi) is 3.52. The molecule has 1 aromatic rings. The molecule has 0 amide bonds. The highest BCUT2D eigenvalue weighted by atomic mass is 35.5. The number of benzene rings is 1. The number of hydrogen-bond acceptors (Lipinski definition) is 3. The summed E-state index contributed by atoms with van der Waals surface area (Å²) in [7, 11) is 0. The summed E-state index contributed by atoms with van der Waals surface area (Å²) in [6.07, 6.45) is 2.20. The van der Waals surface area contributed by atoms with Crippen LogP contribution in [0.3, 0.4) is 0 Å². The van der Waals surface area contributed by atoms with Crippen LogP contribution < -0.4 is 0 Å². The summed E-state index contributed by atoms with van der Waals surface area (Å²) in [4.78, 5) is 7.76. The molecule has 0 aliphatic carbocycles. The maximum atomic E-state index is 6.21. The van der Waals surface area contributed by atoms with Crippen LogP contribution in [0.5, 0.6) is 0 Å². The van der Waals surface area contributed by atoms with Crippen LogP contribution in [0.1, 0.15) is 18.4 Å². The van der Waals surface area contributed by atoms with Gasteiger partial charge in [-0.1, -0.05) is 41.0 Å². The topological polar surface area (TPSA) is 24.8 Å². The van der Waals surface area contributed by atoms with Crippen LogP contribution in [0.2, 0.25) is 10.0 Å². The largest absolute Gasteiger partial charge is 0.371 e. The lowest BCUT2D eigenvalue weighted by atomic mass is 10.0. The average molecular weight is 297 g/mol. The van der Waals surface area contributed by atoms with Gasteiger partial charge in [-0.3, -0.25) is 4.90 Å². The summed E-state index contributed by atoms with van der Waals surface area (Å²) < 4.78 is 0. The summed E-state index contributed by atoms with van der Waals surface area (Å²) in [6, 6.07) is 5.40. The van der Waals surface area contributed by atoms with Gasteiger partial charge in [0.15, 0.2) is 0 Å². The number of nitrogens with zero attached hydrogens (tertiary/aromatic N) is 2. The zero-order chi connectivity index (χ0) is 13.4. The Hall–Kier alpha value is -1.03. The van der Waals surface area contributed by atoms with Crippen LogP contribution in [-0.4, -0.2) is 29.9 Å². The number of rotatable bonds is 2. The van der Waals surface area contributed by atoms with E-state index in [1.165, 1.54) is 12.8 Å². The molecule has 0 aromatic heterocycles. The Morgan fingerprint density at radius 2 is 1.84 bits per heavy atom. The van der Waals surface area contributed by atoms with E-state index in [1.807, 2.05) is 6.07 Å². The first-order valence-corrected chi connectivity index (χ1v) is 7.05. The molecule has 2 aliphatic heterocycles. The Morgan fingerprint density at radius 1 is 1.21 bits per heavy atom. The molecule has 1 fully saturated rings. The fraction of sp³-hybridized carbons (Fsp3) is 0.357. The SMILES string of the molecule is C=C1C(c2c(Cl)cccc2Cl)=NOC1N1CCCC1. The summed E-state index contributed by atoms with van der Waals surface area (Å²) in [6.45, 7) is 6.14. The van der Waals surface area contributed by atoms with Crippen LogP contribution in [0, 0.1) is 0 Å². The minimum Gasteiger partial charge on any atom is -0.371 e. The zero-order valence-corrected chi connectivity index (χ0v) is 11.9. The van der Waals surface area contributed by atoms with E-state index in [4.69, 9.17) is 28.0 Å². The van der Waals surface area contributed by atoms with E-state index < -0.39 is 0 Å². The van der Waals surface area contributed by atoms with Crippen molar-refractivity contribution in [3.05, 3.63) is 46.0 Å². The maximum Gasteiger partial charge on any atom is 0.208 e. The number of likely N-dealkylation sites (tertiary alicyclic amines) is 1. The van der Waals surface area contributed by atoms with Gasteiger partial charge in [-0.05, 0) is 25.0 Å². The van der Waals surface area contributed by atoms with Crippen molar-refractivity contribution in [1.82, 2.24) is 4.90 Å². The van der Waals surface area contributed by atoms with E-state index in [0.717, 1.165) is 18.7 Å². The van der Waals surface area contributed by atoms with E-state index in [0.29, 0.717) is 21.3 Å². The Balaban J connectivity index is 1.89. The number of hydrogen-bond donors (Lipinski definition) is 0. The summed E-state index contributed by atoms with van der Waals surface area (Å²) >= 11 is 12.4. The van der Waals surface area contributed by atoms with Crippen molar-refractivity contribution in [2.75, 3.05) is 13.1 Å². The van der Waals surface area contributed by atoms with Crippen molar-refractivity contribution in [2.24, 2.45) is 5.16 Å². The van der Waals surface area contributed by atoms with Crippen LogP contribution in [0.4, 0.5) is 0 Å². The second-order valence-electron chi connectivity index (χ2n) is 4.76. The first-order valence-electron chi connectivity index (χ1n) is 6.30. The monoisotopic (exact) mass is 296 g/mol. The van der Waals surface area contributed by atoms with Crippen molar-refractivity contribution in [3.63, 3.8) is 0 Å². The van der Waals surface area contributed by atoms with Crippen molar-refractivity contribution >= 4 is 28.9 Å². The third-order valence-corrected chi connectivity index (χ3v) is 4.15. The summed E-state index contributed by atoms with van der Waals surface area (Å²) in [5.74, 6) is 0. The Labute approximate surface area is 122 Å². The van der Waals surface area contributed by atoms with Gasteiger partial charge in [-0.15, -0.1) is 0 Å². The highest BCUT2D eigenvalue weighted by molar-refractivity contribution is 6.41. The highest BCUT2D eigenvalue weighted by Crippen LogP contribution is 2.33. The second-order valence-corrected chi connectivity index (χ2v) is 5.58. The highest BCUT2D eigenvalue weighted by Gasteiger charge is 2.34. The van der Waals surface area contributed by atoms with Crippen molar-refractivity contribution < 1.29 is 4.84 Å². The molecule has 1 unspecified atom stereocenters. The molecular weight excluding hydrogens is 283 g/mol.